The Kier molecular flexibility index (Phi) is 5.61. The van der Waals surface area contributed by atoms with E-state index in [2.05, 4.69) is 48.4 Å². The van der Waals surface area contributed by atoms with Crippen LogP contribution in [0.25, 0.3) is 6.08 Å². The largest absolute Gasteiger partial charge is 0.332 e. The van der Waals surface area contributed by atoms with Gasteiger partial charge in [0.25, 0.3) is 5.91 Å². The summed E-state index contributed by atoms with van der Waals surface area (Å²) in [6, 6.07) is 20.4. The van der Waals surface area contributed by atoms with Crippen LogP contribution < -0.4 is 0 Å². The van der Waals surface area contributed by atoms with Crippen molar-refractivity contribution in [2.75, 3.05) is 6.54 Å². The number of benzene rings is 2. The van der Waals surface area contributed by atoms with Crippen LogP contribution in [0.5, 0.6) is 0 Å². The van der Waals surface area contributed by atoms with Gasteiger partial charge in [-0.05, 0) is 56.0 Å². The van der Waals surface area contributed by atoms with Crippen LogP contribution >= 0.6 is 0 Å². The Labute approximate surface area is 172 Å². The zero-order chi connectivity index (χ0) is 20.2. The zero-order valence-corrected chi connectivity index (χ0v) is 17.1. The lowest BCUT2D eigenvalue weighted by molar-refractivity contribution is 0.0762. The van der Waals surface area contributed by atoms with Crippen LogP contribution in [0.2, 0.25) is 0 Å². The summed E-state index contributed by atoms with van der Waals surface area (Å²) >= 11 is 0. The lowest BCUT2D eigenvalue weighted by atomic mass is 10.1. The Morgan fingerprint density at radius 1 is 1.10 bits per heavy atom. The third kappa shape index (κ3) is 4.48. The fourth-order valence-electron chi connectivity index (χ4n) is 4.01. The molecule has 1 atom stereocenters. The normalized spacial score (nSPS) is 16.6. The molecule has 3 aromatic rings. The van der Waals surface area contributed by atoms with Gasteiger partial charge in [-0.1, -0.05) is 54.6 Å². The van der Waals surface area contributed by atoms with E-state index < -0.39 is 0 Å². The van der Waals surface area contributed by atoms with Gasteiger partial charge in [-0.2, -0.15) is 5.10 Å². The highest BCUT2D eigenvalue weighted by molar-refractivity contribution is 5.95. The number of carbonyl (C=O) groups is 1. The Balaban J connectivity index is 1.49. The van der Waals surface area contributed by atoms with Crippen molar-refractivity contribution in [3.8, 4) is 0 Å². The van der Waals surface area contributed by atoms with Gasteiger partial charge < -0.3 is 4.90 Å². The van der Waals surface area contributed by atoms with E-state index in [4.69, 9.17) is 0 Å². The van der Waals surface area contributed by atoms with Gasteiger partial charge in [0.1, 0.15) is 0 Å². The van der Waals surface area contributed by atoms with Crippen LogP contribution in [0, 0.1) is 13.8 Å². The van der Waals surface area contributed by atoms with Crippen LogP contribution in [0.3, 0.4) is 0 Å². The summed E-state index contributed by atoms with van der Waals surface area (Å²) in [7, 11) is 0. The second-order valence-electron chi connectivity index (χ2n) is 7.76. The summed E-state index contributed by atoms with van der Waals surface area (Å²) < 4.78 is 1.99. The molecule has 1 aliphatic heterocycles. The van der Waals surface area contributed by atoms with E-state index in [-0.39, 0.29) is 11.9 Å². The number of hydrogen-bond donors (Lipinski definition) is 0. The first-order chi connectivity index (χ1) is 14.1. The summed E-state index contributed by atoms with van der Waals surface area (Å²) in [4.78, 5) is 15.2. The van der Waals surface area contributed by atoms with Gasteiger partial charge >= 0.3 is 0 Å². The summed E-state index contributed by atoms with van der Waals surface area (Å²) in [5, 5.41) is 4.53. The van der Waals surface area contributed by atoms with E-state index in [0.29, 0.717) is 6.54 Å². The summed E-state index contributed by atoms with van der Waals surface area (Å²) in [6.07, 6.45) is 6.34. The highest BCUT2D eigenvalue weighted by Gasteiger charge is 2.27. The molecule has 1 fully saturated rings. The van der Waals surface area contributed by atoms with Gasteiger partial charge in [0, 0.05) is 17.8 Å². The number of nitrogens with zero attached hydrogens (tertiary/aromatic N) is 3. The molecule has 4 rings (SSSR count). The first-order valence-electron chi connectivity index (χ1n) is 10.2. The van der Waals surface area contributed by atoms with Gasteiger partial charge in [-0.25, -0.2) is 0 Å². The molecule has 148 valence electrons. The standard InChI is InChI=1S/C25H27N3O/c1-19-16-20(2)28(26-19)18-22-10-6-11-23(17-22)25(29)27-15-7-12-24(27)14-13-21-8-4-3-5-9-21/h3-6,8-11,13-14,16-17,24H,7,12,15,18H2,1-2H3/b14-13+. The minimum Gasteiger partial charge on any atom is -0.332 e. The van der Waals surface area contributed by atoms with E-state index in [1.807, 2.05) is 52.9 Å². The van der Waals surface area contributed by atoms with Crippen LogP contribution in [-0.2, 0) is 6.54 Å². The molecule has 29 heavy (non-hydrogen) atoms. The highest BCUT2D eigenvalue weighted by Crippen LogP contribution is 2.22. The number of hydrogen-bond acceptors (Lipinski definition) is 2. The van der Waals surface area contributed by atoms with Crippen molar-refractivity contribution in [3.63, 3.8) is 0 Å². The number of likely N-dealkylation sites (tertiary alicyclic amines) is 1. The quantitative estimate of drug-likeness (QED) is 0.629. The van der Waals surface area contributed by atoms with Gasteiger partial charge in [-0.3, -0.25) is 9.48 Å². The second-order valence-corrected chi connectivity index (χ2v) is 7.76. The Morgan fingerprint density at radius 3 is 2.69 bits per heavy atom. The molecule has 0 N–H and O–H groups in total. The van der Waals surface area contributed by atoms with E-state index in [9.17, 15) is 4.79 Å². The molecule has 2 heterocycles. The monoisotopic (exact) mass is 385 g/mol. The molecule has 2 aromatic carbocycles. The van der Waals surface area contributed by atoms with Crippen molar-refractivity contribution >= 4 is 12.0 Å². The Hall–Kier alpha value is -3.14. The average molecular weight is 386 g/mol. The maximum Gasteiger partial charge on any atom is 0.254 e. The molecule has 0 aliphatic carbocycles. The SMILES string of the molecule is Cc1cc(C)n(Cc2cccc(C(=O)N3CCCC3/C=C/c3ccccc3)c2)n1. The van der Waals surface area contributed by atoms with Gasteiger partial charge in [0.05, 0.1) is 18.3 Å². The van der Waals surface area contributed by atoms with Crippen molar-refractivity contribution in [3.05, 3.63) is 94.8 Å². The third-order valence-electron chi connectivity index (χ3n) is 5.48. The van der Waals surface area contributed by atoms with Gasteiger partial charge in [0.15, 0.2) is 0 Å². The minimum atomic E-state index is 0.112. The smallest absolute Gasteiger partial charge is 0.254 e. The van der Waals surface area contributed by atoms with Crippen molar-refractivity contribution in [2.24, 2.45) is 0 Å². The third-order valence-corrected chi connectivity index (χ3v) is 5.48. The van der Waals surface area contributed by atoms with Crippen molar-refractivity contribution in [2.45, 2.75) is 39.3 Å². The molecule has 1 unspecified atom stereocenters. The van der Waals surface area contributed by atoms with Crippen LogP contribution in [0.4, 0.5) is 0 Å². The molecule has 1 aliphatic rings. The molecule has 1 amide bonds. The van der Waals surface area contributed by atoms with E-state index in [1.54, 1.807) is 0 Å². The highest BCUT2D eigenvalue weighted by atomic mass is 16.2. The fourth-order valence-corrected chi connectivity index (χ4v) is 4.01. The molecule has 0 bridgehead atoms. The Morgan fingerprint density at radius 2 is 1.93 bits per heavy atom. The maximum atomic E-state index is 13.2. The van der Waals surface area contributed by atoms with E-state index in [0.717, 1.165) is 41.9 Å². The lowest BCUT2D eigenvalue weighted by Gasteiger charge is -2.22. The van der Waals surface area contributed by atoms with Crippen molar-refractivity contribution < 1.29 is 4.79 Å². The fraction of sp³-hybridized carbons (Fsp3) is 0.280. The zero-order valence-electron chi connectivity index (χ0n) is 17.1. The number of rotatable bonds is 5. The molecule has 1 saturated heterocycles. The second kappa shape index (κ2) is 8.48. The number of aromatic nitrogens is 2. The predicted molar refractivity (Wildman–Crippen MR) is 117 cm³/mol. The van der Waals surface area contributed by atoms with Gasteiger partial charge in [-0.15, -0.1) is 0 Å². The number of carbonyl (C=O) groups excluding carboxylic acids is 1. The first kappa shape index (κ1) is 19.2. The van der Waals surface area contributed by atoms with Crippen molar-refractivity contribution in [1.82, 2.24) is 14.7 Å². The first-order valence-corrected chi connectivity index (χ1v) is 10.2. The topological polar surface area (TPSA) is 38.1 Å². The number of aryl methyl sites for hydroxylation is 2. The molecule has 0 spiro atoms. The lowest BCUT2D eigenvalue weighted by Crippen LogP contribution is -2.34. The molecule has 1 aromatic heterocycles. The summed E-state index contributed by atoms with van der Waals surface area (Å²) in [5.74, 6) is 0.112. The van der Waals surface area contributed by atoms with Crippen LogP contribution in [-0.4, -0.2) is 33.2 Å². The van der Waals surface area contributed by atoms with Crippen molar-refractivity contribution in [1.29, 1.82) is 0 Å². The summed E-state index contributed by atoms with van der Waals surface area (Å²) in [5.41, 5.74) is 5.16. The number of amides is 1. The Bertz CT molecular complexity index is 1020. The van der Waals surface area contributed by atoms with Crippen LogP contribution in [0.1, 0.15) is 45.7 Å². The van der Waals surface area contributed by atoms with E-state index in [1.165, 1.54) is 5.56 Å². The molecule has 0 radical (unpaired) electrons. The molecule has 4 nitrogen and oxygen atoms in total. The molecular formula is C25H27N3O. The maximum absolute atomic E-state index is 13.2. The van der Waals surface area contributed by atoms with E-state index >= 15 is 0 Å². The van der Waals surface area contributed by atoms with Crippen LogP contribution in [0.15, 0.2) is 66.7 Å². The molecule has 4 heteroatoms. The molecular weight excluding hydrogens is 358 g/mol. The predicted octanol–water partition coefficient (Wildman–Crippen LogP) is 4.87. The summed E-state index contributed by atoms with van der Waals surface area (Å²) in [6.45, 7) is 5.55. The average Bonchev–Trinajstić information content (AvgIpc) is 3.32. The minimum absolute atomic E-state index is 0.112. The molecule has 0 saturated carbocycles. The van der Waals surface area contributed by atoms with Gasteiger partial charge in [0.2, 0.25) is 0 Å².